The number of nitrogens with one attached hydrogen (secondary N) is 1. The second-order valence-corrected chi connectivity index (χ2v) is 7.36. The molecule has 0 spiro atoms. The molecule has 3 rings (SSSR count). The maximum Gasteiger partial charge on any atom is 0.183 e. The van der Waals surface area contributed by atoms with Gasteiger partial charge in [0, 0.05) is 28.7 Å². The van der Waals surface area contributed by atoms with Crippen LogP contribution in [-0.2, 0) is 0 Å². The third-order valence-electron chi connectivity index (χ3n) is 5.05. The zero-order valence-corrected chi connectivity index (χ0v) is 15.4. The van der Waals surface area contributed by atoms with Crippen LogP contribution in [-0.4, -0.2) is 16.9 Å². The number of hydrogen-bond acceptors (Lipinski definition) is 2. The second kappa shape index (κ2) is 6.46. The number of nitrogens with zero attached hydrogens (tertiary/aromatic N) is 1. The monoisotopic (exact) mass is 324 g/mol. The largest absolute Gasteiger partial charge is 0.377 e. The lowest BCUT2D eigenvalue weighted by molar-refractivity contribution is 0.101. The first kappa shape index (κ1) is 16.8. The minimum atomic E-state index is 0.174. The summed E-state index contributed by atoms with van der Waals surface area (Å²) >= 11 is 0. The molecular formula is C21H28N2O. The highest BCUT2D eigenvalue weighted by Crippen LogP contribution is 2.38. The summed E-state index contributed by atoms with van der Waals surface area (Å²) in [5.41, 5.74) is 6.76. The van der Waals surface area contributed by atoms with Crippen molar-refractivity contribution in [1.82, 2.24) is 4.57 Å². The highest BCUT2D eigenvalue weighted by Gasteiger charge is 2.28. The van der Waals surface area contributed by atoms with E-state index in [0.717, 1.165) is 16.9 Å². The van der Waals surface area contributed by atoms with E-state index in [1.807, 2.05) is 0 Å². The fourth-order valence-corrected chi connectivity index (χ4v) is 3.63. The molecule has 0 atom stereocenters. The Bertz CT molecular complexity index is 766. The predicted octanol–water partition coefficient (Wildman–Crippen LogP) is 5.17. The van der Waals surface area contributed by atoms with E-state index in [9.17, 15) is 4.79 Å². The van der Waals surface area contributed by atoms with Crippen molar-refractivity contribution in [3.63, 3.8) is 0 Å². The van der Waals surface area contributed by atoms with Gasteiger partial charge in [0.15, 0.2) is 5.78 Å². The maximum atomic E-state index is 12.8. The molecule has 0 radical (unpaired) electrons. The molecule has 1 fully saturated rings. The summed E-state index contributed by atoms with van der Waals surface area (Å²) < 4.78 is 2.33. The minimum Gasteiger partial charge on any atom is -0.377 e. The van der Waals surface area contributed by atoms with E-state index in [0.29, 0.717) is 18.5 Å². The minimum absolute atomic E-state index is 0.174. The zero-order valence-electron chi connectivity index (χ0n) is 15.4. The topological polar surface area (TPSA) is 34.0 Å². The van der Waals surface area contributed by atoms with Gasteiger partial charge in [-0.2, -0.15) is 0 Å². The van der Waals surface area contributed by atoms with Crippen LogP contribution in [0.1, 0.15) is 71.5 Å². The summed E-state index contributed by atoms with van der Waals surface area (Å²) in [6, 6.07) is 8.99. The van der Waals surface area contributed by atoms with Crippen LogP contribution in [0.25, 0.3) is 0 Å². The molecule has 1 saturated carbocycles. The molecular weight excluding hydrogens is 296 g/mol. The van der Waals surface area contributed by atoms with E-state index >= 15 is 0 Å². The number of aromatic nitrogens is 1. The number of anilines is 1. The van der Waals surface area contributed by atoms with Crippen molar-refractivity contribution in [3.8, 4) is 0 Å². The van der Waals surface area contributed by atoms with Gasteiger partial charge in [-0.25, -0.2) is 0 Å². The van der Waals surface area contributed by atoms with Gasteiger partial charge in [0.2, 0.25) is 0 Å². The maximum absolute atomic E-state index is 12.8. The number of carbonyl (C=O) groups is 1. The van der Waals surface area contributed by atoms with E-state index in [1.54, 1.807) is 0 Å². The van der Waals surface area contributed by atoms with Crippen LogP contribution < -0.4 is 5.32 Å². The van der Waals surface area contributed by atoms with Crippen LogP contribution in [0, 0.1) is 20.8 Å². The SMILES string of the molecule is Cc1cccc(C(C)C)c1NCC(=O)c1cc(C)n(C2CC2)c1C. The van der Waals surface area contributed by atoms with Crippen LogP contribution in [0.2, 0.25) is 0 Å². The Balaban J connectivity index is 1.79. The Morgan fingerprint density at radius 3 is 2.58 bits per heavy atom. The lowest BCUT2D eigenvalue weighted by Crippen LogP contribution is -2.16. The highest BCUT2D eigenvalue weighted by molar-refractivity contribution is 6.00. The number of benzene rings is 1. The first-order valence-corrected chi connectivity index (χ1v) is 8.95. The molecule has 0 bridgehead atoms. The fraction of sp³-hybridized carbons (Fsp3) is 0.476. The van der Waals surface area contributed by atoms with Gasteiger partial charge >= 0.3 is 0 Å². The van der Waals surface area contributed by atoms with Crippen LogP contribution in [0.5, 0.6) is 0 Å². The highest BCUT2D eigenvalue weighted by atomic mass is 16.1. The Morgan fingerprint density at radius 1 is 1.25 bits per heavy atom. The molecule has 1 aromatic heterocycles. The molecule has 1 heterocycles. The first-order chi connectivity index (χ1) is 11.4. The van der Waals surface area contributed by atoms with Gasteiger partial charge in [0.1, 0.15) is 0 Å². The molecule has 2 aromatic rings. The fourth-order valence-electron chi connectivity index (χ4n) is 3.63. The van der Waals surface area contributed by atoms with Gasteiger partial charge < -0.3 is 9.88 Å². The molecule has 0 amide bonds. The third-order valence-corrected chi connectivity index (χ3v) is 5.05. The van der Waals surface area contributed by atoms with E-state index in [4.69, 9.17) is 0 Å². The number of ketones is 1. The summed E-state index contributed by atoms with van der Waals surface area (Å²) in [5, 5.41) is 3.40. The van der Waals surface area contributed by atoms with Crippen molar-refractivity contribution in [2.75, 3.05) is 11.9 Å². The zero-order chi connectivity index (χ0) is 17.4. The van der Waals surface area contributed by atoms with Crippen LogP contribution >= 0.6 is 0 Å². The third kappa shape index (κ3) is 3.12. The number of para-hydroxylation sites is 1. The van der Waals surface area contributed by atoms with Crippen molar-refractivity contribution in [3.05, 3.63) is 52.3 Å². The lowest BCUT2D eigenvalue weighted by Gasteiger charge is -2.17. The molecule has 1 aliphatic rings. The van der Waals surface area contributed by atoms with Gasteiger partial charge in [0.05, 0.1) is 6.54 Å². The normalized spacial score (nSPS) is 14.2. The van der Waals surface area contributed by atoms with Crippen molar-refractivity contribution in [1.29, 1.82) is 0 Å². The summed E-state index contributed by atoms with van der Waals surface area (Å²) in [6.07, 6.45) is 2.48. The molecule has 3 nitrogen and oxygen atoms in total. The lowest BCUT2D eigenvalue weighted by atomic mass is 9.98. The Kier molecular flexibility index (Phi) is 4.53. The molecule has 0 saturated heterocycles. The van der Waals surface area contributed by atoms with Gasteiger partial charge in [-0.05, 0) is 56.7 Å². The Labute approximate surface area is 145 Å². The summed E-state index contributed by atoms with van der Waals surface area (Å²) in [7, 11) is 0. The van der Waals surface area contributed by atoms with Crippen molar-refractivity contribution < 1.29 is 4.79 Å². The summed E-state index contributed by atoms with van der Waals surface area (Å²) in [5.74, 6) is 0.607. The first-order valence-electron chi connectivity index (χ1n) is 8.95. The quantitative estimate of drug-likeness (QED) is 0.744. The van der Waals surface area contributed by atoms with Crippen molar-refractivity contribution in [2.45, 2.75) is 59.4 Å². The molecule has 0 unspecified atom stereocenters. The second-order valence-electron chi connectivity index (χ2n) is 7.36. The Morgan fingerprint density at radius 2 is 1.96 bits per heavy atom. The van der Waals surface area contributed by atoms with E-state index in [2.05, 4.69) is 68.8 Å². The van der Waals surface area contributed by atoms with E-state index < -0.39 is 0 Å². The van der Waals surface area contributed by atoms with Gasteiger partial charge in [0.25, 0.3) is 0 Å². The summed E-state index contributed by atoms with van der Waals surface area (Å²) in [6.45, 7) is 11.0. The van der Waals surface area contributed by atoms with Crippen molar-refractivity contribution in [2.24, 2.45) is 0 Å². The number of aryl methyl sites for hydroxylation is 2. The molecule has 0 aliphatic heterocycles. The number of carbonyl (C=O) groups excluding carboxylic acids is 1. The number of hydrogen-bond donors (Lipinski definition) is 1. The molecule has 1 aromatic carbocycles. The average molecular weight is 324 g/mol. The van der Waals surface area contributed by atoms with Gasteiger partial charge in [-0.1, -0.05) is 32.0 Å². The standard InChI is InChI=1S/C21H28N2O/c1-13(2)18-8-6-7-14(3)21(18)22-12-20(24)19-11-15(4)23(16(19)5)17-9-10-17/h6-8,11,13,17,22H,9-10,12H2,1-5H3. The number of Topliss-reactive ketones (excluding diaryl/α,β-unsaturated/α-hetero) is 1. The van der Waals surface area contributed by atoms with Gasteiger partial charge in [-0.15, -0.1) is 0 Å². The summed E-state index contributed by atoms with van der Waals surface area (Å²) in [4.78, 5) is 12.8. The van der Waals surface area contributed by atoms with Crippen LogP contribution in [0.15, 0.2) is 24.3 Å². The van der Waals surface area contributed by atoms with E-state index in [-0.39, 0.29) is 5.78 Å². The average Bonchev–Trinajstić information content (AvgIpc) is 3.31. The molecule has 3 heteroatoms. The molecule has 1 N–H and O–H groups in total. The predicted molar refractivity (Wildman–Crippen MR) is 100 cm³/mol. The van der Waals surface area contributed by atoms with Crippen molar-refractivity contribution >= 4 is 11.5 Å². The smallest absolute Gasteiger partial charge is 0.183 e. The number of rotatable bonds is 6. The Hall–Kier alpha value is -2.03. The molecule has 1 aliphatic carbocycles. The molecule has 128 valence electrons. The van der Waals surface area contributed by atoms with Crippen LogP contribution in [0.4, 0.5) is 5.69 Å². The van der Waals surface area contributed by atoms with Gasteiger partial charge in [-0.3, -0.25) is 4.79 Å². The molecule has 24 heavy (non-hydrogen) atoms. The van der Waals surface area contributed by atoms with Crippen LogP contribution in [0.3, 0.4) is 0 Å². The van der Waals surface area contributed by atoms with E-state index in [1.165, 1.54) is 29.7 Å².